The van der Waals surface area contributed by atoms with E-state index in [9.17, 15) is 0 Å². The zero-order chi connectivity index (χ0) is 47.3. The van der Waals surface area contributed by atoms with Crippen molar-refractivity contribution in [1.29, 1.82) is 0 Å². The summed E-state index contributed by atoms with van der Waals surface area (Å²) in [6, 6.07) is 97.6. The van der Waals surface area contributed by atoms with Gasteiger partial charge in [-0.05, 0) is 113 Å². The van der Waals surface area contributed by atoms with Gasteiger partial charge in [-0.3, -0.25) is 0 Å². The van der Waals surface area contributed by atoms with Gasteiger partial charge in [-0.15, -0.1) is 0 Å². The lowest BCUT2D eigenvalue weighted by molar-refractivity contribution is 1.14. The molecule has 13 aromatic rings. The standard InChI is InChI=1S/C66H45ClN4/c67-50-43-53(68(51-39-35-48(36-40-51)46-19-3-1-4-20-46)63-31-15-17-33-65(63)70-59-27-11-7-23-55(59)56-24-8-12-28-60(56)70)45-54(44-50)69(52-41-37-49(38-42-52)47-21-5-2-6-22-47)64-32-16-18-34-66(64)71-61-29-13-9-25-57(61)58-26-10-14-30-62(58)71/h1-45H. The van der Waals surface area contributed by atoms with E-state index >= 15 is 0 Å². The van der Waals surface area contributed by atoms with Crippen LogP contribution in [0.25, 0.3) is 77.2 Å². The summed E-state index contributed by atoms with van der Waals surface area (Å²) in [6.07, 6.45) is 0. The first-order chi connectivity index (χ1) is 35.2. The molecule has 0 aliphatic heterocycles. The van der Waals surface area contributed by atoms with Crippen molar-refractivity contribution in [2.24, 2.45) is 0 Å². The van der Waals surface area contributed by atoms with Crippen molar-refractivity contribution < 1.29 is 0 Å². The van der Waals surface area contributed by atoms with Crippen LogP contribution in [0.4, 0.5) is 34.1 Å². The molecule has 0 radical (unpaired) electrons. The summed E-state index contributed by atoms with van der Waals surface area (Å²) in [5.41, 5.74) is 17.1. The topological polar surface area (TPSA) is 16.3 Å². The van der Waals surface area contributed by atoms with Gasteiger partial charge in [-0.25, -0.2) is 0 Å². The van der Waals surface area contributed by atoms with Gasteiger partial charge in [-0.2, -0.15) is 0 Å². The van der Waals surface area contributed by atoms with E-state index in [1.165, 1.54) is 21.5 Å². The SMILES string of the molecule is Clc1cc(N(c2ccc(-c3ccccc3)cc2)c2ccccc2-n2c3ccccc3c3ccccc32)cc(N(c2ccc(-c3ccccc3)cc2)c2ccccc2-n2c3ccccc3c3ccccc32)c1. The number of para-hydroxylation sites is 8. The van der Waals surface area contributed by atoms with Gasteiger partial charge in [-0.1, -0.05) is 194 Å². The van der Waals surface area contributed by atoms with Crippen molar-refractivity contribution in [3.05, 3.63) is 278 Å². The summed E-state index contributed by atoms with van der Waals surface area (Å²) >= 11 is 7.53. The van der Waals surface area contributed by atoms with Crippen molar-refractivity contribution in [1.82, 2.24) is 9.13 Å². The van der Waals surface area contributed by atoms with E-state index in [2.05, 4.69) is 292 Å². The minimum absolute atomic E-state index is 0.609. The Bertz CT molecular complexity index is 3690. The summed E-state index contributed by atoms with van der Waals surface area (Å²) in [4.78, 5) is 4.72. The molecule has 4 nitrogen and oxygen atoms in total. The lowest BCUT2D eigenvalue weighted by Gasteiger charge is -2.32. The molecule has 2 heterocycles. The fourth-order valence-electron chi connectivity index (χ4n) is 10.6. The van der Waals surface area contributed by atoms with E-state index in [1.54, 1.807) is 0 Å². The van der Waals surface area contributed by atoms with Gasteiger partial charge in [0.05, 0.1) is 44.8 Å². The normalized spacial score (nSPS) is 11.5. The number of anilines is 6. The smallest absolute Gasteiger partial charge is 0.0702 e. The van der Waals surface area contributed by atoms with Gasteiger partial charge in [0.2, 0.25) is 0 Å². The van der Waals surface area contributed by atoms with Gasteiger partial charge in [0, 0.05) is 49.3 Å². The van der Waals surface area contributed by atoms with E-state index in [0.29, 0.717) is 5.02 Å². The second-order valence-corrected chi connectivity index (χ2v) is 18.3. The molecule has 0 saturated carbocycles. The van der Waals surface area contributed by atoms with Gasteiger partial charge in [0.1, 0.15) is 0 Å². The van der Waals surface area contributed by atoms with Crippen LogP contribution in [-0.4, -0.2) is 9.13 Å². The first kappa shape index (κ1) is 42.0. The number of nitrogens with zero attached hydrogens (tertiary/aromatic N) is 4. The molecule has 2 aromatic heterocycles. The van der Waals surface area contributed by atoms with Crippen LogP contribution in [-0.2, 0) is 0 Å². The van der Waals surface area contributed by atoms with Crippen molar-refractivity contribution in [3.63, 3.8) is 0 Å². The largest absolute Gasteiger partial charge is 0.308 e. The molecule has 11 aromatic carbocycles. The van der Waals surface area contributed by atoms with Crippen molar-refractivity contribution in [2.45, 2.75) is 0 Å². The van der Waals surface area contributed by atoms with E-state index in [4.69, 9.17) is 11.6 Å². The van der Waals surface area contributed by atoms with Gasteiger partial charge in [0.15, 0.2) is 0 Å². The van der Waals surface area contributed by atoms with E-state index in [1.807, 2.05) is 0 Å². The minimum atomic E-state index is 0.609. The van der Waals surface area contributed by atoms with Crippen LogP contribution < -0.4 is 9.80 Å². The number of benzene rings is 11. The molecular weight excluding hydrogens is 884 g/mol. The third-order valence-electron chi connectivity index (χ3n) is 13.7. The molecule has 71 heavy (non-hydrogen) atoms. The molecule has 0 atom stereocenters. The summed E-state index contributed by atoms with van der Waals surface area (Å²) in [7, 11) is 0. The molecule has 0 amide bonds. The molecule has 13 rings (SSSR count). The van der Waals surface area contributed by atoms with Crippen LogP contribution in [0.1, 0.15) is 0 Å². The minimum Gasteiger partial charge on any atom is -0.308 e. The summed E-state index contributed by atoms with van der Waals surface area (Å²) < 4.78 is 4.80. The molecule has 5 heteroatoms. The number of hydrogen-bond acceptors (Lipinski definition) is 2. The van der Waals surface area contributed by atoms with Crippen LogP contribution in [0.3, 0.4) is 0 Å². The Hall–Kier alpha value is -9.09. The Morgan fingerprint density at radius 1 is 0.254 bits per heavy atom. The van der Waals surface area contributed by atoms with Gasteiger partial charge >= 0.3 is 0 Å². The highest BCUT2D eigenvalue weighted by atomic mass is 35.5. The first-order valence-electron chi connectivity index (χ1n) is 24.0. The fraction of sp³-hybridized carbons (Fsp3) is 0. The molecular formula is C66H45ClN4. The summed E-state index contributed by atoms with van der Waals surface area (Å²) in [5.74, 6) is 0. The first-order valence-corrected chi connectivity index (χ1v) is 24.4. The Balaban J connectivity index is 1.05. The lowest BCUT2D eigenvalue weighted by atomic mass is 10.0. The average Bonchev–Trinajstić information content (AvgIpc) is 3.95. The maximum absolute atomic E-state index is 7.53. The predicted octanol–water partition coefficient (Wildman–Crippen LogP) is 18.8. The molecule has 0 saturated heterocycles. The Morgan fingerprint density at radius 2 is 0.549 bits per heavy atom. The van der Waals surface area contributed by atoms with E-state index in [-0.39, 0.29) is 0 Å². The monoisotopic (exact) mass is 928 g/mol. The molecule has 336 valence electrons. The van der Waals surface area contributed by atoms with Crippen LogP contribution in [0.15, 0.2) is 273 Å². The van der Waals surface area contributed by atoms with Crippen LogP contribution in [0.5, 0.6) is 0 Å². The van der Waals surface area contributed by atoms with E-state index in [0.717, 1.165) is 89.8 Å². The van der Waals surface area contributed by atoms with Crippen LogP contribution in [0.2, 0.25) is 5.02 Å². The molecule has 0 spiro atoms. The van der Waals surface area contributed by atoms with Crippen molar-refractivity contribution in [3.8, 4) is 33.6 Å². The highest BCUT2D eigenvalue weighted by molar-refractivity contribution is 6.31. The Labute approximate surface area is 417 Å². The zero-order valence-electron chi connectivity index (χ0n) is 38.6. The van der Waals surface area contributed by atoms with Crippen molar-refractivity contribution >= 4 is 89.3 Å². The average molecular weight is 930 g/mol. The number of hydrogen-bond donors (Lipinski definition) is 0. The number of aromatic nitrogens is 2. The molecule has 0 aliphatic rings. The van der Waals surface area contributed by atoms with Crippen molar-refractivity contribution in [2.75, 3.05) is 9.80 Å². The van der Waals surface area contributed by atoms with Gasteiger partial charge in [0.25, 0.3) is 0 Å². The number of rotatable bonds is 10. The summed E-state index contributed by atoms with van der Waals surface area (Å²) in [6.45, 7) is 0. The third-order valence-corrected chi connectivity index (χ3v) is 14.0. The number of halogens is 1. The second kappa shape index (κ2) is 17.8. The van der Waals surface area contributed by atoms with E-state index < -0.39 is 0 Å². The molecule has 0 fully saturated rings. The molecule has 0 bridgehead atoms. The maximum Gasteiger partial charge on any atom is 0.0702 e. The Morgan fingerprint density at radius 3 is 0.915 bits per heavy atom. The molecule has 0 aliphatic carbocycles. The molecule has 0 N–H and O–H groups in total. The van der Waals surface area contributed by atoms with Crippen LogP contribution >= 0.6 is 11.6 Å². The lowest BCUT2D eigenvalue weighted by Crippen LogP contribution is -2.16. The zero-order valence-corrected chi connectivity index (χ0v) is 39.4. The highest BCUT2D eigenvalue weighted by Crippen LogP contribution is 2.47. The van der Waals surface area contributed by atoms with Gasteiger partial charge < -0.3 is 18.9 Å². The molecule has 0 unspecified atom stereocenters. The highest BCUT2D eigenvalue weighted by Gasteiger charge is 2.25. The fourth-order valence-corrected chi connectivity index (χ4v) is 10.8. The summed E-state index contributed by atoms with van der Waals surface area (Å²) in [5, 5.41) is 5.43. The second-order valence-electron chi connectivity index (χ2n) is 17.9. The Kier molecular flexibility index (Phi) is 10.5. The van der Waals surface area contributed by atoms with Crippen LogP contribution in [0, 0.1) is 0 Å². The third kappa shape index (κ3) is 7.41. The number of fused-ring (bicyclic) bond motifs is 6. The quantitative estimate of drug-likeness (QED) is 0.136. The maximum atomic E-state index is 7.53. The predicted molar refractivity (Wildman–Crippen MR) is 300 cm³/mol.